The fourth-order valence-electron chi connectivity index (χ4n) is 0.617. The fourth-order valence-corrected chi connectivity index (χ4v) is 0.617. The van der Waals surface area contributed by atoms with E-state index in [9.17, 15) is 0 Å². The molecule has 1 aromatic rings. The number of aryl methyl sites for hydroxylation is 1. The average molecular weight is 121 g/mol. The number of aromatic nitrogens is 1. The highest BCUT2D eigenvalue weighted by atomic mass is 16.3. The summed E-state index contributed by atoms with van der Waals surface area (Å²) in [6.45, 7) is 1.87. The molecule has 0 amide bonds. The molecule has 0 bridgehead atoms. The van der Waals surface area contributed by atoms with Crippen molar-refractivity contribution < 1.29 is 5.11 Å². The first-order valence-electron chi connectivity index (χ1n) is 2.83. The number of hydrogen-bond acceptors (Lipinski definition) is 2. The third-order valence-corrected chi connectivity index (χ3v) is 1.34. The molecule has 1 heterocycles. The summed E-state index contributed by atoms with van der Waals surface area (Å²) in [6.07, 6.45) is 0. The number of rotatable bonds is 0. The SMILES string of the molecule is Bc1ccc(O)nc1C. The molecule has 0 atom stereocenters. The van der Waals surface area contributed by atoms with Crippen LogP contribution in [-0.4, -0.2) is 17.9 Å². The lowest BCUT2D eigenvalue weighted by Gasteiger charge is -1.96. The topological polar surface area (TPSA) is 33.1 Å². The third-order valence-electron chi connectivity index (χ3n) is 1.34. The Morgan fingerprint density at radius 3 is 2.67 bits per heavy atom. The smallest absolute Gasteiger partial charge is 0.210 e. The fraction of sp³-hybridized carbons (Fsp3) is 0.167. The maximum absolute atomic E-state index is 8.83. The summed E-state index contributed by atoms with van der Waals surface area (Å²) in [6, 6.07) is 3.43. The van der Waals surface area contributed by atoms with Gasteiger partial charge in [0.1, 0.15) is 7.85 Å². The molecule has 0 fully saturated rings. The van der Waals surface area contributed by atoms with Gasteiger partial charge in [0.05, 0.1) is 0 Å². The highest BCUT2D eigenvalue weighted by molar-refractivity contribution is 6.33. The average Bonchev–Trinajstić information content (AvgIpc) is 1.80. The Labute approximate surface area is 55.0 Å². The van der Waals surface area contributed by atoms with Crippen molar-refractivity contribution in [2.24, 2.45) is 0 Å². The lowest BCUT2D eigenvalue weighted by Crippen LogP contribution is -2.07. The van der Waals surface area contributed by atoms with Gasteiger partial charge in [-0.1, -0.05) is 11.5 Å². The van der Waals surface area contributed by atoms with Crippen LogP contribution >= 0.6 is 0 Å². The molecule has 0 aliphatic carbocycles. The summed E-state index contributed by atoms with van der Waals surface area (Å²) in [4.78, 5) is 3.83. The number of hydrogen-bond donors (Lipinski definition) is 1. The minimum absolute atomic E-state index is 0.0955. The van der Waals surface area contributed by atoms with E-state index in [4.69, 9.17) is 5.11 Å². The van der Waals surface area contributed by atoms with Crippen molar-refractivity contribution in [2.45, 2.75) is 6.92 Å². The highest BCUT2D eigenvalue weighted by Gasteiger charge is 1.92. The quantitative estimate of drug-likeness (QED) is 0.463. The van der Waals surface area contributed by atoms with E-state index in [1.165, 1.54) is 0 Å². The van der Waals surface area contributed by atoms with Crippen molar-refractivity contribution in [3.05, 3.63) is 17.8 Å². The van der Waals surface area contributed by atoms with Gasteiger partial charge < -0.3 is 5.11 Å². The lowest BCUT2D eigenvalue weighted by molar-refractivity contribution is 0.452. The molecular weight excluding hydrogens is 113 g/mol. The molecule has 0 saturated carbocycles. The van der Waals surface area contributed by atoms with Crippen LogP contribution < -0.4 is 5.46 Å². The maximum atomic E-state index is 8.83. The van der Waals surface area contributed by atoms with Gasteiger partial charge in [0, 0.05) is 5.69 Å². The summed E-state index contributed by atoms with van der Waals surface area (Å²) in [7, 11) is 1.96. The molecule has 3 heteroatoms. The Bertz CT molecular complexity index is 224. The van der Waals surface area contributed by atoms with Gasteiger partial charge in [-0.25, -0.2) is 4.98 Å². The molecule has 1 N–H and O–H groups in total. The summed E-state index contributed by atoms with van der Waals surface area (Å²) in [5, 5.41) is 8.83. The van der Waals surface area contributed by atoms with Gasteiger partial charge in [0.2, 0.25) is 5.88 Å². The lowest BCUT2D eigenvalue weighted by atomic mass is 9.95. The van der Waals surface area contributed by atoms with E-state index >= 15 is 0 Å². The monoisotopic (exact) mass is 121 g/mol. The van der Waals surface area contributed by atoms with Crippen molar-refractivity contribution >= 4 is 13.3 Å². The molecule has 0 unspecified atom stereocenters. The number of pyridine rings is 1. The van der Waals surface area contributed by atoms with E-state index in [0.29, 0.717) is 0 Å². The summed E-state index contributed by atoms with van der Waals surface area (Å²) >= 11 is 0. The summed E-state index contributed by atoms with van der Waals surface area (Å²) in [5.41, 5.74) is 1.99. The van der Waals surface area contributed by atoms with E-state index in [1.807, 2.05) is 20.8 Å². The summed E-state index contributed by atoms with van der Waals surface area (Å²) < 4.78 is 0. The Morgan fingerprint density at radius 1 is 1.56 bits per heavy atom. The van der Waals surface area contributed by atoms with Gasteiger partial charge >= 0.3 is 0 Å². The minimum Gasteiger partial charge on any atom is -0.493 e. The second-order valence-corrected chi connectivity index (χ2v) is 2.07. The maximum Gasteiger partial charge on any atom is 0.210 e. The molecule has 0 aromatic carbocycles. The van der Waals surface area contributed by atoms with Crippen LogP contribution in [0.1, 0.15) is 5.69 Å². The molecule has 0 aliphatic heterocycles. The van der Waals surface area contributed by atoms with Crippen LogP contribution in [0, 0.1) is 6.92 Å². The number of aromatic hydroxyl groups is 1. The van der Waals surface area contributed by atoms with E-state index < -0.39 is 0 Å². The standard InChI is InChI=1S/C6H8BNO/c1-4-5(7)2-3-6(9)8-4/h2-3H,7H2,1H3,(H,8,9). The van der Waals surface area contributed by atoms with Crippen LogP contribution in [0.3, 0.4) is 0 Å². The van der Waals surface area contributed by atoms with Crippen molar-refractivity contribution in [3.8, 4) is 5.88 Å². The van der Waals surface area contributed by atoms with Gasteiger partial charge in [-0.2, -0.15) is 0 Å². The van der Waals surface area contributed by atoms with Crippen LogP contribution in [0.4, 0.5) is 0 Å². The van der Waals surface area contributed by atoms with Gasteiger partial charge in [-0.3, -0.25) is 0 Å². The van der Waals surface area contributed by atoms with Gasteiger partial charge in [-0.05, 0) is 13.0 Å². The molecule has 0 radical (unpaired) electrons. The molecule has 9 heavy (non-hydrogen) atoms. The van der Waals surface area contributed by atoms with Crippen molar-refractivity contribution in [3.63, 3.8) is 0 Å². The second-order valence-electron chi connectivity index (χ2n) is 2.07. The zero-order valence-electron chi connectivity index (χ0n) is 5.55. The minimum atomic E-state index is 0.0955. The second kappa shape index (κ2) is 2.09. The van der Waals surface area contributed by atoms with Gasteiger partial charge in [0.25, 0.3) is 0 Å². The number of nitrogens with zero attached hydrogens (tertiary/aromatic N) is 1. The zero-order valence-corrected chi connectivity index (χ0v) is 5.55. The Balaban J connectivity index is 3.17. The van der Waals surface area contributed by atoms with Crippen molar-refractivity contribution in [1.29, 1.82) is 0 Å². The van der Waals surface area contributed by atoms with Crippen molar-refractivity contribution in [2.75, 3.05) is 0 Å². The third kappa shape index (κ3) is 1.22. The predicted octanol–water partition coefficient (Wildman–Crippen LogP) is -0.646. The zero-order chi connectivity index (χ0) is 6.85. The highest BCUT2D eigenvalue weighted by Crippen LogP contribution is 1.99. The molecule has 46 valence electrons. The van der Waals surface area contributed by atoms with Crippen LogP contribution in [0.5, 0.6) is 5.88 Å². The molecule has 1 aromatic heterocycles. The Kier molecular flexibility index (Phi) is 1.43. The van der Waals surface area contributed by atoms with Crippen LogP contribution in [0.2, 0.25) is 0 Å². The van der Waals surface area contributed by atoms with Crippen LogP contribution in [0.25, 0.3) is 0 Å². The van der Waals surface area contributed by atoms with E-state index in [2.05, 4.69) is 4.98 Å². The summed E-state index contributed by atoms with van der Waals surface area (Å²) in [5.74, 6) is 0.0955. The van der Waals surface area contributed by atoms with E-state index in [-0.39, 0.29) is 5.88 Å². The van der Waals surface area contributed by atoms with Crippen LogP contribution in [0.15, 0.2) is 12.1 Å². The van der Waals surface area contributed by atoms with E-state index in [1.54, 1.807) is 6.07 Å². The van der Waals surface area contributed by atoms with Crippen molar-refractivity contribution in [1.82, 2.24) is 4.98 Å². The van der Waals surface area contributed by atoms with E-state index in [0.717, 1.165) is 11.2 Å². The van der Waals surface area contributed by atoms with Gasteiger partial charge in [-0.15, -0.1) is 0 Å². The normalized spacial score (nSPS) is 9.44. The Hall–Kier alpha value is -0.985. The first-order chi connectivity index (χ1) is 4.20. The molecule has 1 rings (SSSR count). The molecule has 0 spiro atoms. The molecule has 2 nitrogen and oxygen atoms in total. The molecular formula is C6H8BNO. The largest absolute Gasteiger partial charge is 0.493 e. The van der Waals surface area contributed by atoms with Gasteiger partial charge in [0.15, 0.2) is 0 Å². The molecule has 0 saturated heterocycles. The molecule has 0 aliphatic rings. The first kappa shape index (κ1) is 6.14. The Morgan fingerprint density at radius 2 is 2.22 bits per heavy atom. The predicted molar refractivity (Wildman–Crippen MR) is 38.8 cm³/mol. The first-order valence-corrected chi connectivity index (χ1v) is 2.83. The van der Waals surface area contributed by atoms with Crippen LogP contribution in [-0.2, 0) is 0 Å².